The molecule has 0 radical (unpaired) electrons. The minimum absolute atomic E-state index is 0.0384. The Balaban J connectivity index is 1.87. The highest BCUT2D eigenvalue weighted by molar-refractivity contribution is 7.87. The van der Waals surface area contributed by atoms with Gasteiger partial charge in [-0.25, -0.2) is 9.11 Å². The van der Waals surface area contributed by atoms with E-state index in [1.165, 1.54) is 19.2 Å². The number of carbonyl (C=O) groups is 1. The molecule has 1 aromatic carbocycles. The maximum absolute atomic E-state index is 13.3. The van der Waals surface area contributed by atoms with E-state index in [1.807, 2.05) is 6.92 Å². The molecule has 1 atom stereocenters. The van der Waals surface area contributed by atoms with Crippen molar-refractivity contribution in [3.8, 4) is 0 Å². The third-order valence-corrected chi connectivity index (χ3v) is 5.89. The lowest BCUT2D eigenvalue weighted by Gasteiger charge is -2.36. The van der Waals surface area contributed by atoms with Gasteiger partial charge >= 0.3 is 0 Å². The fraction of sp³-hybridized carbons (Fsp3) is 0.588. The molecule has 1 saturated heterocycles. The van der Waals surface area contributed by atoms with Crippen molar-refractivity contribution in [2.24, 2.45) is 0 Å². The fourth-order valence-corrected chi connectivity index (χ4v) is 3.94. The maximum Gasteiger partial charge on any atom is 0.276 e. The Morgan fingerprint density at radius 1 is 1.38 bits per heavy atom. The molecule has 1 aromatic rings. The molecule has 1 amide bonds. The number of carbonyl (C=O) groups excluding carboxylic acids is 1. The second kappa shape index (κ2) is 8.90. The number of amides is 1. The minimum atomic E-state index is -3.45. The molecule has 0 unspecified atom stereocenters. The van der Waals surface area contributed by atoms with Crippen molar-refractivity contribution < 1.29 is 17.6 Å². The highest BCUT2D eigenvalue weighted by Gasteiger charge is 2.29. The first-order chi connectivity index (χ1) is 12.2. The van der Waals surface area contributed by atoms with Crippen LogP contribution in [0.15, 0.2) is 24.3 Å². The molecule has 2 rings (SSSR count). The lowest BCUT2D eigenvalue weighted by Crippen LogP contribution is -2.52. The predicted molar refractivity (Wildman–Crippen MR) is 98.0 cm³/mol. The van der Waals surface area contributed by atoms with Gasteiger partial charge in [0.2, 0.25) is 5.91 Å². The maximum atomic E-state index is 13.3. The van der Waals surface area contributed by atoms with Gasteiger partial charge < -0.3 is 4.90 Å². The molecule has 0 spiro atoms. The molecule has 26 heavy (non-hydrogen) atoms. The summed E-state index contributed by atoms with van der Waals surface area (Å²) in [6.45, 7) is 3.47. The van der Waals surface area contributed by atoms with Gasteiger partial charge in [0.25, 0.3) is 10.2 Å². The molecule has 146 valence electrons. The molecule has 0 aromatic heterocycles. The van der Waals surface area contributed by atoms with Crippen LogP contribution in [0.5, 0.6) is 0 Å². The molecule has 1 aliphatic heterocycles. The van der Waals surface area contributed by atoms with Gasteiger partial charge in [-0.15, -0.1) is 0 Å². The summed E-state index contributed by atoms with van der Waals surface area (Å²) in [4.78, 5) is 16.3. The molecule has 2 N–H and O–H groups in total. The summed E-state index contributed by atoms with van der Waals surface area (Å²) in [6.07, 6.45) is 1.29. The lowest BCUT2D eigenvalue weighted by atomic mass is 10.0. The van der Waals surface area contributed by atoms with Crippen LogP contribution in [0.3, 0.4) is 0 Å². The average molecular weight is 386 g/mol. The molecule has 0 aliphatic carbocycles. The number of hydrogen-bond donors (Lipinski definition) is 2. The third-order valence-electron chi connectivity index (χ3n) is 4.71. The smallest absolute Gasteiger partial charge is 0.276 e. The Morgan fingerprint density at radius 2 is 2.04 bits per heavy atom. The molecule has 9 heteroatoms. The second-order valence-corrected chi connectivity index (χ2v) is 8.29. The Kier molecular flexibility index (Phi) is 7.10. The van der Waals surface area contributed by atoms with E-state index < -0.39 is 10.2 Å². The van der Waals surface area contributed by atoms with Gasteiger partial charge in [-0.3, -0.25) is 9.69 Å². The Labute approximate surface area is 154 Å². The number of hydrogen-bond acceptors (Lipinski definition) is 4. The number of likely N-dealkylation sites (tertiary alicyclic amines) is 1. The van der Waals surface area contributed by atoms with Crippen LogP contribution in [0, 0.1) is 5.82 Å². The SMILES string of the molecule is CNS(=O)(=O)NC1CCN([C@H](C)C(=O)N(C)Cc2cccc(F)c2)CC1. The summed E-state index contributed by atoms with van der Waals surface area (Å²) in [5, 5.41) is 0. The highest BCUT2D eigenvalue weighted by atomic mass is 32.2. The Bertz CT molecular complexity index is 720. The fourth-order valence-electron chi connectivity index (χ4n) is 3.15. The molecular formula is C17H27FN4O3S. The number of halogens is 1. The predicted octanol–water partition coefficient (Wildman–Crippen LogP) is 0.691. The van der Waals surface area contributed by atoms with E-state index in [0.717, 1.165) is 5.56 Å². The number of nitrogens with one attached hydrogen (secondary N) is 2. The number of piperidine rings is 1. The molecule has 1 fully saturated rings. The van der Waals surface area contributed by atoms with Gasteiger partial charge in [0.15, 0.2) is 0 Å². The average Bonchev–Trinajstić information content (AvgIpc) is 2.61. The van der Waals surface area contributed by atoms with Crippen molar-refractivity contribution in [1.29, 1.82) is 0 Å². The van der Waals surface area contributed by atoms with Crippen molar-refractivity contribution in [2.45, 2.75) is 38.4 Å². The van der Waals surface area contributed by atoms with Gasteiger partial charge in [-0.05, 0) is 37.5 Å². The topological polar surface area (TPSA) is 81.8 Å². The zero-order valence-electron chi connectivity index (χ0n) is 15.4. The molecular weight excluding hydrogens is 359 g/mol. The van der Waals surface area contributed by atoms with Crippen LogP contribution < -0.4 is 9.44 Å². The summed E-state index contributed by atoms with van der Waals surface area (Å²) >= 11 is 0. The van der Waals surface area contributed by atoms with E-state index in [0.29, 0.717) is 32.5 Å². The van der Waals surface area contributed by atoms with Crippen molar-refractivity contribution >= 4 is 16.1 Å². The lowest BCUT2D eigenvalue weighted by molar-refractivity contribution is -0.136. The standard InChI is InChI=1S/C17H27FN4O3S/c1-13(17(23)21(3)12-14-5-4-6-15(18)11-14)22-9-7-16(8-10-22)20-26(24,25)19-2/h4-6,11,13,16,19-20H,7-10,12H2,1-3H3/t13-/m1/s1. The van der Waals surface area contributed by atoms with Gasteiger partial charge in [-0.1, -0.05) is 12.1 Å². The van der Waals surface area contributed by atoms with Crippen LogP contribution in [0.25, 0.3) is 0 Å². The van der Waals surface area contributed by atoms with E-state index in [2.05, 4.69) is 14.3 Å². The quantitative estimate of drug-likeness (QED) is 0.723. The summed E-state index contributed by atoms with van der Waals surface area (Å²) < 4.78 is 41.2. The Morgan fingerprint density at radius 3 is 2.62 bits per heavy atom. The van der Waals surface area contributed by atoms with Crippen LogP contribution in [-0.2, 0) is 21.5 Å². The number of nitrogens with zero attached hydrogens (tertiary/aromatic N) is 2. The molecule has 0 saturated carbocycles. The second-order valence-electron chi connectivity index (χ2n) is 6.64. The van der Waals surface area contributed by atoms with E-state index >= 15 is 0 Å². The number of rotatable bonds is 7. The van der Waals surface area contributed by atoms with Crippen molar-refractivity contribution in [3.05, 3.63) is 35.6 Å². The largest absolute Gasteiger partial charge is 0.340 e. The van der Waals surface area contributed by atoms with Gasteiger partial charge in [0.05, 0.1) is 6.04 Å². The van der Waals surface area contributed by atoms with E-state index in [9.17, 15) is 17.6 Å². The monoisotopic (exact) mass is 386 g/mol. The van der Waals surface area contributed by atoms with Crippen LogP contribution in [0.4, 0.5) is 4.39 Å². The van der Waals surface area contributed by atoms with Crippen LogP contribution in [0.2, 0.25) is 0 Å². The third kappa shape index (κ3) is 5.73. The first kappa shape index (κ1) is 20.8. The summed E-state index contributed by atoms with van der Waals surface area (Å²) in [6, 6.07) is 5.78. The molecule has 1 heterocycles. The Hall–Kier alpha value is -1.55. The zero-order valence-corrected chi connectivity index (χ0v) is 16.2. The van der Waals surface area contributed by atoms with Crippen molar-refractivity contribution in [1.82, 2.24) is 19.2 Å². The zero-order chi connectivity index (χ0) is 19.3. The summed E-state index contributed by atoms with van der Waals surface area (Å²) in [5.74, 6) is -0.356. The molecule has 0 bridgehead atoms. The van der Waals surface area contributed by atoms with Crippen LogP contribution in [0.1, 0.15) is 25.3 Å². The molecule has 1 aliphatic rings. The van der Waals surface area contributed by atoms with E-state index in [1.54, 1.807) is 24.1 Å². The highest BCUT2D eigenvalue weighted by Crippen LogP contribution is 2.16. The first-order valence-electron chi connectivity index (χ1n) is 8.66. The van der Waals surface area contributed by atoms with Crippen molar-refractivity contribution in [2.75, 3.05) is 27.2 Å². The summed E-state index contributed by atoms with van der Waals surface area (Å²) in [7, 11) is -0.375. The number of likely N-dealkylation sites (N-methyl/N-ethyl adjacent to an activating group) is 1. The number of benzene rings is 1. The van der Waals surface area contributed by atoms with Gasteiger partial charge in [-0.2, -0.15) is 13.1 Å². The van der Waals surface area contributed by atoms with E-state index in [4.69, 9.17) is 0 Å². The first-order valence-corrected chi connectivity index (χ1v) is 10.1. The van der Waals surface area contributed by atoms with Crippen LogP contribution >= 0.6 is 0 Å². The normalized spacial score (nSPS) is 17.8. The van der Waals surface area contributed by atoms with Gasteiger partial charge in [0, 0.05) is 39.8 Å². The minimum Gasteiger partial charge on any atom is -0.340 e. The molecule has 7 nitrogen and oxygen atoms in total. The van der Waals surface area contributed by atoms with Gasteiger partial charge in [0.1, 0.15) is 5.82 Å². The van der Waals surface area contributed by atoms with Crippen molar-refractivity contribution in [3.63, 3.8) is 0 Å². The summed E-state index contributed by atoms with van der Waals surface area (Å²) in [5.41, 5.74) is 0.744. The van der Waals surface area contributed by atoms with E-state index in [-0.39, 0.29) is 23.8 Å². The van der Waals surface area contributed by atoms with Crippen LogP contribution in [-0.4, -0.2) is 63.4 Å².